The normalized spacial score (nSPS) is 25.0. The van der Waals surface area contributed by atoms with E-state index in [1.54, 1.807) is 0 Å². The fraction of sp³-hybridized carbons (Fsp3) is 0.520. The van der Waals surface area contributed by atoms with Gasteiger partial charge in [0.2, 0.25) is 0 Å². The van der Waals surface area contributed by atoms with Gasteiger partial charge in [-0.1, -0.05) is 65.8 Å². The molecular weight excluding hydrogens is 391 g/mol. The van der Waals surface area contributed by atoms with Gasteiger partial charge >= 0.3 is 0 Å². The topological polar surface area (TPSA) is 49.8 Å². The minimum absolute atomic E-state index is 0.108. The third-order valence-electron chi connectivity index (χ3n) is 6.54. The molecule has 1 N–H and O–H groups in total. The molecule has 4 nitrogen and oxygen atoms in total. The Morgan fingerprint density at radius 3 is 2.27 bits per heavy atom. The van der Waals surface area contributed by atoms with Crippen molar-refractivity contribution in [2.45, 2.75) is 71.3 Å². The molecule has 0 amide bonds. The van der Waals surface area contributed by atoms with Crippen molar-refractivity contribution in [3.05, 3.63) is 53.6 Å². The minimum Gasteiger partial charge on any atom is -0.642 e. The van der Waals surface area contributed by atoms with Crippen LogP contribution in [-0.4, -0.2) is 28.9 Å². The maximum absolute atomic E-state index is 15.0. The monoisotopic (exact) mass is 426 g/mol. The number of para-hydroxylation sites is 1. The first-order valence-electron chi connectivity index (χ1n) is 11.0. The molecule has 5 heteroatoms. The maximum Gasteiger partial charge on any atom is 0.172 e. The standard InChI is InChI=1S/C25H35N2O2P/c1-24(2,3)18-15-21(25(4,5)6)23(28)22(16-18)30(29)26-14-10-13-20(26)17-27(30)19-11-8-7-9-12-19/h7-9,11-12,15-16,20,28H,10,13-14,17H2,1-6H3/t20-,30?/m0/s1. The van der Waals surface area contributed by atoms with Crippen LogP contribution in [0.5, 0.6) is 5.75 Å². The minimum atomic E-state index is -3.17. The zero-order valence-electron chi connectivity index (χ0n) is 19.1. The molecule has 2 atom stereocenters. The lowest BCUT2D eigenvalue weighted by molar-refractivity contribution is -0.176. The molecule has 4 rings (SSSR count). The molecular formula is C25H35N2O2P. The molecule has 0 aromatic heterocycles. The van der Waals surface area contributed by atoms with E-state index in [1.165, 1.54) is 0 Å². The first-order chi connectivity index (χ1) is 13.9. The lowest BCUT2D eigenvalue weighted by Crippen LogP contribution is -2.42. The molecule has 162 valence electrons. The highest BCUT2D eigenvalue weighted by molar-refractivity contribution is 7.76. The maximum atomic E-state index is 15.0. The van der Waals surface area contributed by atoms with E-state index in [1.807, 2.05) is 36.4 Å². The van der Waals surface area contributed by atoms with Crippen LogP contribution in [0.25, 0.3) is 0 Å². The highest BCUT2D eigenvalue weighted by Crippen LogP contribution is 2.66. The van der Waals surface area contributed by atoms with Crippen molar-refractivity contribution in [2.24, 2.45) is 0 Å². The number of phenols is 1. The van der Waals surface area contributed by atoms with Crippen molar-refractivity contribution in [2.75, 3.05) is 17.8 Å². The molecule has 2 aromatic rings. The fourth-order valence-corrected chi connectivity index (χ4v) is 8.21. The van der Waals surface area contributed by atoms with Crippen LogP contribution >= 0.6 is 7.79 Å². The molecule has 2 heterocycles. The number of benzene rings is 2. The summed E-state index contributed by atoms with van der Waals surface area (Å²) in [6, 6.07) is 14.4. The van der Waals surface area contributed by atoms with Crippen molar-refractivity contribution < 1.29 is 10.00 Å². The van der Waals surface area contributed by atoms with Gasteiger partial charge < -0.3 is 10.00 Å². The summed E-state index contributed by atoms with van der Waals surface area (Å²) in [5, 5.41) is 12.1. The number of fused-ring (bicyclic) bond motifs is 1. The summed E-state index contributed by atoms with van der Waals surface area (Å²) in [7, 11) is -3.17. The van der Waals surface area contributed by atoms with Crippen LogP contribution in [0, 0.1) is 0 Å². The Balaban J connectivity index is 1.98. The first kappa shape index (κ1) is 21.6. The average molecular weight is 427 g/mol. The Hall–Kier alpha value is -1.61. The smallest absolute Gasteiger partial charge is 0.172 e. The van der Waals surface area contributed by atoms with E-state index in [9.17, 15) is 5.11 Å². The second-order valence-corrected chi connectivity index (χ2v) is 13.4. The molecule has 0 aliphatic carbocycles. The van der Waals surface area contributed by atoms with Crippen LogP contribution in [0.1, 0.15) is 65.5 Å². The summed E-state index contributed by atoms with van der Waals surface area (Å²) in [5.41, 5.74) is 2.60. The molecule has 1 unspecified atom stereocenters. The van der Waals surface area contributed by atoms with E-state index < -0.39 is 7.79 Å². The van der Waals surface area contributed by atoms with Gasteiger partial charge in [0.25, 0.3) is 0 Å². The van der Waals surface area contributed by atoms with Gasteiger partial charge in [0.15, 0.2) is 18.8 Å². The molecule has 0 radical (unpaired) electrons. The second kappa shape index (κ2) is 7.22. The van der Waals surface area contributed by atoms with Gasteiger partial charge in [0.1, 0.15) is 0 Å². The van der Waals surface area contributed by atoms with Crippen molar-refractivity contribution in [1.29, 1.82) is 0 Å². The highest BCUT2D eigenvalue weighted by Gasteiger charge is 2.57. The first-order valence-corrected chi connectivity index (χ1v) is 12.6. The Morgan fingerprint density at radius 1 is 1.00 bits per heavy atom. The van der Waals surface area contributed by atoms with Crippen molar-refractivity contribution >= 4 is 18.8 Å². The molecule has 2 fully saturated rings. The number of rotatable bonds is 2. The zero-order valence-corrected chi connectivity index (χ0v) is 20.0. The third-order valence-corrected chi connectivity index (χ3v) is 9.78. The number of anilines is 1. The van der Waals surface area contributed by atoms with Crippen LogP contribution in [-0.2, 0) is 10.8 Å². The molecule has 0 bridgehead atoms. The van der Waals surface area contributed by atoms with Gasteiger partial charge in [0, 0.05) is 12.1 Å². The predicted octanol–water partition coefficient (Wildman–Crippen LogP) is 4.72. The number of hydrogen-bond donors (Lipinski definition) is 1. The Morgan fingerprint density at radius 2 is 1.67 bits per heavy atom. The average Bonchev–Trinajstić information content (AvgIpc) is 3.23. The quantitative estimate of drug-likeness (QED) is 0.706. The fourth-order valence-electron chi connectivity index (χ4n) is 4.79. The SMILES string of the molecule is CC(C)(C)c1cc(C(C)(C)C)c(O)c([P+]2([O-])N(c3ccccc3)C[C@@H]3CCCN32)c1. The number of aromatic hydroxyl groups is 1. The zero-order chi connectivity index (χ0) is 21.9. The van der Waals surface area contributed by atoms with Gasteiger partial charge in [-0.05, 0) is 47.4 Å². The van der Waals surface area contributed by atoms with Crippen LogP contribution in [0.4, 0.5) is 5.69 Å². The molecule has 2 aromatic carbocycles. The Kier molecular flexibility index (Phi) is 5.20. The van der Waals surface area contributed by atoms with E-state index in [0.717, 1.165) is 42.7 Å². The largest absolute Gasteiger partial charge is 0.642 e. The van der Waals surface area contributed by atoms with Crippen LogP contribution in [0.15, 0.2) is 42.5 Å². The van der Waals surface area contributed by atoms with E-state index in [4.69, 9.17) is 0 Å². The van der Waals surface area contributed by atoms with Gasteiger partial charge in [-0.2, -0.15) is 4.67 Å². The highest BCUT2D eigenvalue weighted by atomic mass is 31.2. The lowest BCUT2D eigenvalue weighted by Gasteiger charge is -2.41. The number of phenolic OH excluding ortho intramolecular Hbond substituents is 1. The summed E-state index contributed by atoms with van der Waals surface area (Å²) in [6.45, 7) is 14.4. The summed E-state index contributed by atoms with van der Waals surface area (Å²) in [4.78, 5) is 15.0. The molecule has 2 aliphatic heterocycles. The van der Waals surface area contributed by atoms with Gasteiger partial charge in [-0.3, -0.25) is 0 Å². The van der Waals surface area contributed by atoms with E-state index in [-0.39, 0.29) is 22.6 Å². The predicted molar refractivity (Wildman–Crippen MR) is 126 cm³/mol. The molecule has 2 aliphatic rings. The van der Waals surface area contributed by atoms with Gasteiger partial charge in [-0.15, -0.1) is 0 Å². The third kappa shape index (κ3) is 3.43. The summed E-state index contributed by atoms with van der Waals surface area (Å²) < 4.78 is 4.26. The Bertz CT molecular complexity index is 933. The van der Waals surface area contributed by atoms with Crippen molar-refractivity contribution in [3.63, 3.8) is 0 Å². The molecule has 30 heavy (non-hydrogen) atoms. The van der Waals surface area contributed by atoms with Crippen LogP contribution < -0.4 is 14.9 Å². The summed E-state index contributed by atoms with van der Waals surface area (Å²) in [5.74, 6) is 0.201. The summed E-state index contributed by atoms with van der Waals surface area (Å²) in [6.07, 6.45) is 2.11. The van der Waals surface area contributed by atoms with Crippen LogP contribution in [0.3, 0.4) is 0 Å². The Labute approximate surface area is 182 Å². The van der Waals surface area contributed by atoms with Gasteiger partial charge in [0.05, 0.1) is 18.3 Å². The van der Waals surface area contributed by atoms with Crippen molar-refractivity contribution in [3.8, 4) is 5.75 Å². The van der Waals surface area contributed by atoms with E-state index >= 15 is 4.89 Å². The molecule has 0 saturated carbocycles. The number of nitrogens with zero attached hydrogens (tertiary/aromatic N) is 2. The second-order valence-electron chi connectivity index (χ2n) is 10.8. The molecule has 2 saturated heterocycles. The van der Waals surface area contributed by atoms with E-state index in [2.05, 4.69) is 56.9 Å². The van der Waals surface area contributed by atoms with Gasteiger partial charge in [-0.25, -0.2) is 4.67 Å². The summed E-state index contributed by atoms with van der Waals surface area (Å²) >= 11 is 0. The van der Waals surface area contributed by atoms with Crippen molar-refractivity contribution in [1.82, 2.24) is 4.67 Å². The van der Waals surface area contributed by atoms with E-state index in [0.29, 0.717) is 5.30 Å². The van der Waals surface area contributed by atoms with Crippen LogP contribution in [0.2, 0.25) is 0 Å². The molecule has 0 spiro atoms. The number of hydrogen-bond acceptors (Lipinski definition) is 4. The lowest BCUT2D eigenvalue weighted by atomic mass is 9.80.